The predicted octanol–water partition coefficient (Wildman–Crippen LogP) is 3.78. The van der Waals surface area contributed by atoms with E-state index in [0.717, 1.165) is 34.8 Å². The minimum atomic E-state index is 0.425. The Morgan fingerprint density at radius 2 is 1.79 bits per heavy atom. The zero-order valence-electron chi connectivity index (χ0n) is 16.9. The molecule has 0 saturated carbocycles. The first kappa shape index (κ1) is 20.7. The third kappa shape index (κ3) is 5.71. The van der Waals surface area contributed by atoms with Crippen LogP contribution in [0.4, 0.5) is 0 Å². The van der Waals surface area contributed by atoms with Gasteiger partial charge in [0.25, 0.3) is 0 Å². The monoisotopic (exact) mass is 410 g/mol. The maximum Gasteiger partial charge on any atom is 0.188 e. The lowest BCUT2D eigenvalue weighted by Crippen LogP contribution is -2.33. The number of hydrogen-bond acceptors (Lipinski definition) is 5. The topological polar surface area (TPSA) is 81.8 Å². The van der Waals surface area contributed by atoms with Gasteiger partial charge in [-0.15, -0.1) is 11.3 Å². The molecular formula is C22H26N4O2S. The van der Waals surface area contributed by atoms with Crippen LogP contribution in [0.25, 0.3) is 11.3 Å². The molecule has 3 aromatic rings. The molecule has 0 fully saturated rings. The highest BCUT2D eigenvalue weighted by Crippen LogP contribution is 2.27. The Hall–Kier alpha value is -3.06. The second kappa shape index (κ2) is 9.93. The summed E-state index contributed by atoms with van der Waals surface area (Å²) in [6.07, 6.45) is 0.864. The fraction of sp³-hybridized carbons (Fsp3) is 0.273. The van der Waals surface area contributed by atoms with Crippen molar-refractivity contribution in [2.75, 3.05) is 20.8 Å². The first-order chi connectivity index (χ1) is 14.1. The van der Waals surface area contributed by atoms with Crippen LogP contribution in [-0.2, 0) is 13.0 Å². The Labute approximate surface area is 175 Å². The third-order valence-corrected chi connectivity index (χ3v) is 5.24. The smallest absolute Gasteiger partial charge is 0.188 e. The van der Waals surface area contributed by atoms with Crippen molar-refractivity contribution in [3.8, 4) is 22.8 Å². The lowest BCUT2D eigenvalue weighted by molar-refractivity contribution is 0.354. The average Bonchev–Trinajstić information content (AvgIpc) is 3.18. The van der Waals surface area contributed by atoms with Crippen molar-refractivity contribution in [2.45, 2.75) is 19.9 Å². The van der Waals surface area contributed by atoms with Crippen LogP contribution in [0.2, 0.25) is 0 Å². The van der Waals surface area contributed by atoms with Gasteiger partial charge in [0.2, 0.25) is 0 Å². The second-order valence-corrected chi connectivity index (χ2v) is 7.58. The Morgan fingerprint density at radius 1 is 1.07 bits per heavy atom. The molecule has 7 heteroatoms. The number of aromatic nitrogens is 1. The van der Waals surface area contributed by atoms with E-state index in [1.54, 1.807) is 25.6 Å². The molecule has 0 spiro atoms. The van der Waals surface area contributed by atoms with E-state index in [9.17, 15) is 0 Å². The lowest BCUT2D eigenvalue weighted by atomic mass is 10.1. The largest absolute Gasteiger partial charge is 0.493 e. The zero-order chi connectivity index (χ0) is 20.6. The summed E-state index contributed by atoms with van der Waals surface area (Å²) in [6, 6.07) is 14.2. The highest BCUT2D eigenvalue weighted by atomic mass is 32.1. The Morgan fingerprint density at radius 3 is 2.45 bits per heavy atom. The SMILES string of the molecule is COc1ccc(CN=C(N)NCCc2ccc(-c3csc(C)n3)cc2)cc1OC. The first-order valence-corrected chi connectivity index (χ1v) is 10.2. The highest BCUT2D eigenvalue weighted by Gasteiger charge is 2.05. The Bertz CT molecular complexity index is 967. The van der Waals surface area contributed by atoms with E-state index in [2.05, 4.69) is 44.9 Å². The second-order valence-electron chi connectivity index (χ2n) is 6.52. The number of hydrogen-bond donors (Lipinski definition) is 2. The number of aryl methyl sites for hydroxylation is 1. The van der Waals surface area contributed by atoms with Crippen LogP contribution in [0.1, 0.15) is 16.1 Å². The molecule has 0 saturated heterocycles. The first-order valence-electron chi connectivity index (χ1n) is 9.35. The summed E-state index contributed by atoms with van der Waals surface area (Å²) in [5, 5.41) is 6.33. The maximum atomic E-state index is 5.99. The van der Waals surface area contributed by atoms with Crippen LogP contribution < -0.4 is 20.5 Å². The molecule has 0 aliphatic carbocycles. The van der Waals surface area contributed by atoms with E-state index in [1.165, 1.54) is 5.56 Å². The summed E-state index contributed by atoms with van der Waals surface area (Å²) in [6.45, 7) is 3.21. The van der Waals surface area contributed by atoms with Gasteiger partial charge in [0, 0.05) is 17.5 Å². The molecule has 0 amide bonds. The van der Waals surface area contributed by atoms with Crippen LogP contribution in [0, 0.1) is 6.92 Å². The number of benzene rings is 2. The van der Waals surface area contributed by atoms with E-state index in [-0.39, 0.29) is 0 Å². The highest BCUT2D eigenvalue weighted by molar-refractivity contribution is 7.09. The van der Waals surface area contributed by atoms with Crippen molar-refractivity contribution >= 4 is 17.3 Å². The Balaban J connectivity index is 1.48. The number of methoxy groups -OCH3 is 2. The molecular weight excluding hydrogens is 384 g/mol. The molecule has 1 heterocycles. The minimum Gasteiger partial charge on any atom is -0.493 e. The van der Waals surface area contributed by atoms with Gasteiger partial charge in [0.1, 0.15) is 0 Å². The van der Waals surface area contributed by atoms with Gasteiger partial charge in [0.15, 0.2) is 17.5 Å². The molecule has 0 atom stereocenters. The van der Waals surface area contributed by atoms with Crippen molar-refractivity contribution < 1.29 is 9.47 Å². The molecule has 0 bridgehead atoms. The van der Waals surface area contributed by atoms with E-state index in [0.29, 0.717) is 24.0 Å². The van der Waals surface area contributed by atoms with Crippen LogP contribution in [0.15, 0.2) is 52.8 Å². The van der Waals surface area contributed by atoms with Crippen LogP contribution >= 0.6 is 11.3 Å². The van der Waals surface area contributed by atoms with Gasteiger partial charge < -0.3 is 20.5 Å². The minimum absolute atomic E-state index is 0.425. The fourth-order valence-electron chi connectivity index (χ4n) is 2.88. The van der Waals surface area contributed by atoms with Crippen molar-refractivity contribution in [1.29, 1.82) is 0 Å². The predicted molar refractivity (Wildman–Crippen MR) is 119 cm³/mol. The molecule has 2 aromatic carbocycles. The number of thiazole rings is 1. The molecule has 0 unspecified atom stereocenters. The van der Waals surface area contributed by atoms with Crippen LogP contribution in [-0.4, -0.2) is 31.7 Å². The van der Waals surface area contributed by atoms with E-state index in [4.69, 9.17) is 15.2 Å². The molecule has 0 aliphatic rings. The van der Waals surface area contributed by atoms with Gasteiger partial charge >= 0.3 is 0 Å². The lowest BCUT2D eigenvalue weighted by Gasteiger charge is -2.09. The molecule has 6 nitrogen and oxygen atoms in total. The summed E-state index contributed by atoms with van der Waals surface area (Å²) in [5.41, 5.74) is 10.4. The molecule has 29 heavy (non-hydrogen) atoms. The third-order valence-electron chi connectivity index (χ3n) is 4.47. The summed E-state index contributed by atoms with van der Waals surface area (Å²) in [4.78, 5) is 8.91. The van der Waals surface area contributed by atoms with Gasteiger partial charge in [-0.25, -0.2) is 9.98 Å². The summed E-state index contributed by atoms with van der Waals surface area (Å²) < 4.78 is 10.6. The number of aliphatic imine (C=N–C) groups is 1. The number of nitrogens with two attached hydrogens (primary N) is 1. The molecule has 3 rings (SSSR count). The number of guanidine groups is 1. The van der Waals surface area contributed by atoms with Gasteiger partial charge in [-0.2, -0.15) is 0 Å². The quantitative estimate of drug-likeness (QED) is 0.436. The molecule has 3 N–H and O–H groups in total. The van der Waals surface area contributed by atoms with Crippen molar-refractivity contribution in [3.63, 3.8) is 0 Å². The van der Waals surface area contributed by atoms with Gasteiger partial charge in [-0.1, -0.05) is 30.3 Å². The maximum absolute atomic E-state index is 5.99. The van der Waals surface area contributed by atoms with Gasteiger partial charge in [0.05, 0.1) is 31.5 Å². The summed E-state index contributed by atoms with van der Waals surface area (Å²) >= 11 is 1.67. The fourth-order valence-corrected chi connectivity index (χ4v) is 3.51. The molecule has 0 aliphatic heterocycles. The van der Waals surface area contributed by atoms with E-state index in [1.807, 2.05) is 25.1 Å². The van der Waals surface area contributed by atoms with Crippen molar-refractivity contribution in [3.05, 3.63) is 64.0 Å². The normalized spacial score (nSPS) is 11.3. The van der Waals surface area contributed by atoms with E-state index >= 15 is 0 Å². The van der Waals surface area contributed by atoms with Gasteiger partial charge in [-0.3, -0.25) is 0 Å². The zero-order valence-corrected chi connectivity index (χ0v) is 17.8. The number of rotatable bonds is 8. The standard InChI is InChI=1S/C22H26N4O2S/c1-15-26-19(14-29-15)18-7-4-16(5-8-18)10-11-24-22(23)25-13-17-6-9-20(27-2)21(12-17)28-3/h4-9,12,14H,10-11,13H2,1-3H3,(H3,23,24,25). The van der Waals surface area contributed by atoms with Crippen molar-refractivity contribution in [2.24, 2.45) is 10.7 Å². The molecule has 152 valence electrons. The van der Waals surface area contributed by atoms with Crippen LogP contribution in [0.3, 0.4) is 0 Å². The summed E-state index contributed by atoms with van der Waals surface area (Å²) in [7, 11) is 3.23. The molecule has 1 aromatic heterocycles. The average molecular weight is 411 g/mol. The summed E-state index contributed by atoms with van der Waals surface area (Å²) in [5.74, 6) is 1.81. The van der Waals surface area contributed by atoms with Gasteiger partial charge in [-0.05, 0) is 36.6 Å². The number of ether oxygens (including phenoxy) is 2. The van der Waals surface area contributed by atoms with E-state index < -0.39 is 0 Å². The van der Waals surface area contributed by atoms with Crippen LogP contribution in [0.5, 0.6) is 11.5 Å². The number of nitrogens with one attached hydrogen (secondary N) is 1. The number of nitrogens with zero attached hydrogens (tertiary/aromatic N) is 2. The molecule has 0 radical (unpaired) electrons. The Kier molecular flexibility index (Phi) is 7.08. The van der Waals surface area contributed by atoms with Crippen molar-refractivity contribution in [1.82, 2.24) is 10.3 Å².